The quantitative estimate of drug-likeness (QED) is 0.307. The predicted octanol–water partition coefficient (Wildman–Crippen LogP) is -0.425. The highest BCUT2D eigenvalue weighted by atomic mass is 16.4. The zero-order valence-corrected chi connectivity index (χ0v) is 12.4. The fourth-order valence-electron chi connectivity index (χ4n) is 4.43. The summed E-state index contributed by atoms with van der Waals surface area (Å²) in [6, 6.07) is 0.359. The molecule has 2 fully saturated rings. The summed E-state index contributed by atoms with van der Waals surface area (Å²) in [5.41, 5.74) is 5.11. The molecule has 1 radical (unpaired) electrons. The first-order valence-electron chi connectivity index (χ1n) is 7.85. The Morgan fingerprint density at radius 3 is 2.81 bits per heavy atom. The molecule has 0 bridgehead atoms. The van der Waals surface area contributed by atoms with Gasteiger partial charge in [0.1, 0.15) is 5.54 Å². The average molecular weight is 297 g/mol. The van der Waals surface area contributed by atoms with Crippen LogP contribution in [0.4, 0.5) is 0 Å². The summed E-state index contributed by atoms with van der Waals surface area (Å²) in [4.78, 5) is 11.6. The van der Waals surface area contributed by atoms with Gasteiger partial charge in [0.25, 0.3) is 7.48 Å². The lowest BCUT2D eigenvalue weighted by Crippen LogP contribution is -2.52. The first-order chi connectivity index (χ1) is 10.0. The van der Waals surface area contributed by atoms with Gasteiger partial charge >= 0.3 is 5.97 Å². The Morgan fingerprint density at radius 2 is 2.19 bits per heavy atom. The fourth-order valence-corrected chi connectivity index (χ4v) is 4.43. The number of hydrogen-bond donors (Lipinski definition) is 5. The predicted molar refractivity (Wildman–Crippen MR) is 79.8 cm³/mol. The lowest BCUT2D eigenvalue weighted by Gasteiger charge is -2.31. The van der Waals surface area contributed by atoms with Crippen molar-refractivity contribution in [1.29, 1.82) is 0 Å². The van der Waals surface area contributed by atoms with E-state index in [0.29, 0.717) is 37.2 Å². The van der Waals surface area contributed by atoms with Crippen molar-refractivity contribution in [3.8, 4) is 0 Å². The number of rotatable bonds is 8. The minimum atomic E-state index is -1.12. The van der Waals surface area contributed by atoms with Crippen molar-refractivity contribution in [1.82, 2.24) is 5.32 Å². The molecule has 0 aliphatic heterocycles. The van der Waals surface area contributed by atoms with Crippen molar-refractivity contribution in [3.05, 3.63) is 0 Å². The smallest absolute Gasteiger partial charge is 0.323 e. The summed E-state index contributed by atoms with van der Waals surface area (Å²) in [5, 5.41) is 30.5. The van der Waals surface area contributed by atoms with E-state index in [1.165, 1.54) is 0 Å². The number of aliphatic hydroxyl groups is 1. The van der Waals surface area contributed by atoms with Crippen molar-refractivity contribution >= 4 is 13.5 Å². The van der Waals surface area contributed by atoms with Crippen LogP contribution in [-0.4, -0.2) is 53.4 Å². The topological polar surface area (TPSA) is 116 Å². The normalized spacial score (nSPS) is 38.4. The third kappa shape index (κ3) is 3.42. The zero-order valence-electron chi connectivity index (χ0n) is 12.4. The number of carboxylic acids is 1. The van der Waals surface area contributed by atoms with Gasteiger partial charge in [-0.3, -0.25) is 4.79 Å². The van der Waals surface area contributed by atoms with Gasteiger partial charge in [-0.2, -0.15) is 0 Å². The van der Waals surface area contributed by atoms with Crippen molar-refractivity contribution in [2.45, 2.75) is 50.0 Å². The second kappa shape index (κ2) is 7.09. The van der Waals surface area contributed by atoms with Crippen LogP contribution < -0.4 is 11.1 Å². The van der Waals surface area contributed by atoms with E-state index in [1.54, 1.807) is 0 Å². The number of hydrogen-bond acceptors (Lipinski definition) is 5. The van der Waals surface area contributed by atoms with Crippen molar-refractivity contribution in [2.24, 2.45) is 23.5 Å². The first kappa shape index (κ1) is 16.7. The monoisotopic (exact) mass is 297 g/mol. The Labute approximate surface area is 126 Å². The van der Waals surface area contributed by atoms with Crippen LogP contribution in [0.1, 0.15) is 32.1 Å². The average Bonchev–Trinajstić information content (AvgIpc) is 2.93. The number of aliphatic carboxylic acids is 1. The molecule has 0 aromatic carbocycles. The molecule has 5 atom stereocenters. The Balaban J connectivity index is 2.02. The van der Waals surface area contributed by atoms with Gasteiger partial charge in [-0.25, -0.2) is 0 Å². The molecule has 6 N–H and O–H groups in total. The molecule has 2 rings (SSSR count). The van der Waals surface area contributed by atoms with E-state index in [1.807, 2.05) is 0 Å². The van der Waals surface area contributed by atoms with Crippen LogP contribution in [0, 0.1) is 17.8 Å². The molecule has 6 nitrogen and oxygen atoms in total. The van der Waals surface area contributed by atoms with Crippen LogP contribution in [-0.2, 0) is 4.79 Å². The molecule has 0 unspecified atom stereocenters. The highest BCUT2D eigenvalue weighted by Gasteiger charge is 2.57. The zero-order chi connectivity index (χ0) is 15.5. The Kier molecular flexibility index (Phi) is 5.65. The van der Waals surface area contributed by atoms with Crippen LogP contribution in [0.5, 0.6) is 0 Å². The van der Waals surface area contributed by atoms with Gasteiger partial charge in [-0.15, -0.1) is 0 Å². The summed E-state index contributed by atoms with van der Waals surface area (Å²) < 4.78 is 0. The van der Waals surface area contributed by atoms with E-state index in [4.69, 9.17) is 15.9 Å². The maximum absolute atomic E-state index is 11.6. The number of fused-ring (bicyclic) bond motifs is 1. The van der Waals surface area contributed by atoms with Crippen LogP contribution in [0.15, 0.2) is 0 Å². The molecule has 0 saturated heterocycles. The van der Waals surface area contributed by atoms with E-state index in [2.05, 4.69) is 5.32 Å². The highest BCUT2D eigenvalue weighted by molar-refractivity contribution is 6.25. The number of nitrogens with two attached hydrogens (primary N) is 1. The van der Waals surface area contributed by atoms with Crippen molar-refractivity contribution < 1.29 is 20.0 Å². The molecular weight excluding hydrogens is 271 g/mol. The number of aliphatic hydroxyl groups excluding tert-OH is 1. The summed E-state index contributed by atoms with van der Waals surface area (Å²) in [5.74, 6) is -0.234. The Bertz CT molecular complexity index is 371. The lowest BCUT2D eigenvalue weighted by molar-refractivity contribution is -0.145. The van der Waals surface area contributed by atoms with Gasteiger partial charge in [0.15, 0.2) is 0 Å². The molecule has 2 saturated carbocycles. The van der Waals surface area contributed by atoms with Gasteiger partial charge in [0.2, 0.25) is 0 Å². The van der Waals surface area contributed by atoms with E-state index in [-0.39, 0.29) is 12.5 Å². The molecule has 2 aliphatic rings. The summed E-state index contributed by atoms with van der Waals surface area (Å²) in [6.07, 6.45) is 4.51. The summed E-state index contributed by atoms with van der Waals surface area (Å²) >= 11 is 0. The lowest BCUT2D eigenvalue weighted by atomic mass is 9.77. The minimum Gasteiger partial charge on any atom is -0.480 e. The van der Waals surface area contributed by atoms with E-state index >= 15 is 0 Å². The maximum Gasteiger partial charge on any atom is 0.323 e. The molecule has 0 aromatic heterocycles. The van der Waals surface area contributed by atoms with Crippen LogP contribution >= 0.6 is 0 Å². The van der Waals surface area contributed by atoms with Gasteiger partial charge in [0, 0.05) is 12.6 Å². The second-order valence-electron chi connectivity index (χ2n) is 6.54. The SMILES string of the molecule is N[C@@]1(C(=O)O)C[C@H]2C[C@@H](NCCO)C[C@H]2[C@@H]1CCC[B]O. The molecule has 0 aromatic rings. The summed E-state index contributed by atoms with van der Waals surface area (Å²) in [7, 11) is 1.13. The molecule has 21 heavy (non-hydrogen) atoms. The Morgan fingerprint density at radius 1 is 1.43 bits per heavy atom. The molecule has 7 heteroatoms. The second-order valence-corrected chi connectivity index (χ2v) is 6.54. The van der Waals surface area contributed by atoms with Crippen molar-refractivity contribution in [3.63, 3.8) is 0 Å². The van der Waals surface area contributed by atoms with Crippen molar-refractivity contribution in [2.75, 3.05) is 13.2 Å². The number of carboxylic acid groups (broad SMARTS) is 1. The molecule has 119 valence electrons. The van der Waals surface area contributed by atoms with Gasteiger partial charge in [0.05, 0.1) is 6.61 Å². The molecular formula is C14H26BN2O4. The van der Waals surface area contributed by atoms with E-state index in [9.17, 15) is 9.90 Å². The highest BCUT2D eigenvalue weighted by Crippen LogP contribution is 2.53. The maximum atomic E-state index is 11.6. The van der Waals surface area contributed by atoms with E-state index in [0.717, 1.165) is 33.2 Å². The molecule has 0 amide bonds. The number of nitrogens with one attached hydrogen (secondary N) is 1. The third-order valence-electron chi connectivity index (χ3n) is 5.32. The van der Waals surface area contributed by atoms with Crippen LogP contribution in [0.25, 0.3) is 0 Å². The van der Waals surface area contributed by atoms with Gasteiger partial charge in [-0.05, 0) is 43.4 Å². The largest absolute Gasteiger partial charge is 0.480 e. The standard InChI is InChI=1S/C14H26BN2O4/c16-14(13(19)20)8-9-6-10(17-4-5-18)7-11(9)12(14)2-1-3-15-21/h9-12,17-18,21H,1-8,16H2,(H,19,20)/t9-,10-,11-,12+,14+/m1/s1. The fraction of sp³-hybridized carbons (Fsp3) is 0.929. The molecule has 0 heterocycles. The Hall–Kier alpha value is -0.625. The van der Waals surface area contributed by atoms with Gasteiger partial charge in [-0.1, -0.05) is 12.7 Å². The number of carbonyl (C=O) groups is 1. The molecule has 2 aliphatic carbocycles. The van der Waals surface area contributed by atoms with E-state index < -0.39 is 11.5 Å². The van der Waals surface area contributed by atoms with Crippen LogP contribution in [0.3, 0.4) is 0 Å². The van der Waals surface area contributed by atoms with Gasteiger partial charge < -0.3 is 26.3 Å². The molecule has 0 spiro atoms. The van der Waals surface area contributed by atoms with Crippen LogP contribution in [0.2, 0.25) is 6.32 Å². The summed E-state index contributed by atoms with van der Waals surface area (Å²) in [6.45, 7) is 0.707. The first-order valence-corrected chi connectivity index (χ1v) is 7.85. The minimum absolute atomic E-state index is 0.0270. The third-order valence-corrected chi connectivity index (χ3v) is 5.32.